The van der Waals surface area contributed by atoms with E-state index in [1.807, 2.05) is 62.4 Å². The Morgan fingerprint density at radius 1 is 1.15 bits per heavy atom. The van der Waals surface area contributed by atoms with E-state index < -0.39 is 0 Å². The molecule has 0 aliphatic carbocycles. The van der Waals surface area contributed by atoms with Gasteiger partial charge in [0, 0.05) is 12.0 Å². The monoisotopic (exact) mass is 263 g/mol. The molecule has 0 saturated heterocycles. The van der Waals surface area contributed by atoms with Crippen LogP contribution in [-0.2, 0) is 0 Å². The van der Waals surface area contributed by atoms with Crippen LogP contribution >= 0.6 is 0 Å². The van der Waals surface area contributed by atoms with Crippen molar-refractivity contribution >= 4 is 5.78 Å². The Labute approximate surface area is 119 Å². The molecule has 0 N–H and O–H groups in total. The SMILES string of the molecule is Cc1ccc(C(=O)C(CC#N)c2ccccc2)c(C)c1. The minimum absolute atomic E-state index is 0.0234. The lowest BCUT2D eigenvalue weighted by Gasteiger charge is -2.15. The van der Waals surface area contributed by atoms with Crippen LogP contribution in [0.3, 0.4) is 0 Å². The van der Waals surface area contributed by atoms with E-state index in [-0.39, 0.29) is 18.1 Å². The van der Waals surface area contributed by atoms with Gasteiger partial charge in [-0.15, -0.1) is 0 Å². The highest BCUT2D eigenvalue weighted by Crippen LogP contribution is 2.25. The van der Waals surface area contributed by atoms with Crippen molar-refractivity contribution in [1.29, 1.82) is 5.26 Å². The van der Waals surface area contributed by atoms with E-state index in [1.165, 1.54) is 0 Å². The molecule has 1 atom stereocenters. The first-order valence-electron chi connectivity index (χ1n) is 6.67. The van der Waals surface area contributed by atoms with Gasteiger partial charge in [-0.25, -0.2) is 0 Å². The van der Waals surface area contributed by atoms with Crippen LogP contribution in [0.2, 0.25) is 0 Å². The molecule has 0 spiro atoms. The average molecular weight is 263 g/mol. The fraction of sp³-hybridized carbons (Fsp3) is 0.222. The molecule has 0 radical (unpaired) electrons. The average Bonchev–Trinajstić information content (AvgIpc) is 2.45. The fourth-order valence-electron chi connectivity index (χ4n) is 2.42. The summed E-state index contributed by atoms with van der Waals surface area (Å²) in [5.74, 6) is -0.363. The molecule has 2 rings (SSSR count). The Balaban J connectivity index is 2.40. The second kappa shape index (κ2) is 6.16. The number of benzene rings is 2. The Kier molecular flexibility index (Phi) is 4.32. The minimum atomic E-state index is -0.386. The van der Waals surface area contributed by atoms with Crippen molar-refractivity contribution < 1.29 is 4.79 Å². The zero-order chi connectivity index (χ0) is 14.5. The number of nitriles is 1. The van der Waals surface area contributed by atoms with Crippen molar-refractivity contribution in [3.63, 3.8) is 0 Å². The molecular formula is C18H17NO. The number of rotatable bonds is 4. The molecule has 1 unspecified atom stereocenters. The molecule has 0 bridgehead atoms. The predicted octanol–water partition coefficient (Wildman–Crippen LogP) is 4.18. The summed E-state index contributed by atoms with van der Waals surface area (Å²) in [5.41, 5.74) is 3.71. The number of carbonyl (C=O) groups excluding carboxylic acids is 1. The van der Waals surface area contributed by atoms with Crippen LogP contribution in [0.1, 0.15) is 39.4 Å². The molecule has 0 heterocycles. The fourth-order valence-corrected chi connectivity index (χ4v) is 2.42. The van der Waals surface area contributed by atoms with Crippen LogP contribution in [0.5, 0.6) is 0 Å². The molecule has 2 aromatic carbocycles. The predicted molar refractivity (Wildman–Crippen MR) is 79.7 cm³/mol. The molecule has 0 aliphatic heterocycles. The summed E-state index contributed by atoms with van der Waals surface area (Å²) in [6, 6.07) is 17.4. The van der Waals surface area contributed by atoms with Gasteiger partial charge in [-0.2, -0.15) is 5.26 Å². The van der Waals surface area contributed by atoms with Gasteiger partial charge in [-0.3, -0.25) is 4.79 Å². The van der Waals surface area contributed by atoms with Crippen LogP contribution in [0.15, 0.2) is 48.5 Å². The highest BCUT2D eigenvalue weighted by molar-refractivity contribution is 6.02. The summed E-state index contributed by atoms with van der Waals surface area (Å²) in [6.45, 7) is 3.94. The van der Waals surface area contributed by atoms with Gasteiger partial charge in [0.15, 0.2) is 5.78 Å². The maximum absolute atomic E-state index is 12.7. The van der Waals surface area contributed by atoms with Crippen molar-refractivity contribution in [1.82, 2.24) is 0 Å². The van der Waals surface area contributed by atoms with Gasteiger partial charge in [-0.1, -0.05) is 54.1 Å². The zero-order valence-corrected chi connectivity index (χ0v) is 11.8. The van der Waals surface area contributed by atoms with Gasteiger partial charge in [0.2, 0.25) is 0 Å². The number of hydrogen-bond donors (Lipinski definition) is 0. The number of Topliss-reactive ketones (excluding diaryl/α,β-unsaturated/α-hetero) is 1. The van der Waals surface area contributed by atoms with Crippen molar-refractivity contribution in [2.45, 2.75) is 26.2 Å². The number of hydrogen-bond acceptors (Lipinski definition) is 2. The second-order valence-corrected chi connectivity index (χ2v) is 5.01. The lowest BCUT2D eigenvalue weighted by atomic mass is 9.86. The van der Waals surface area contributed by atoms with Crippen molar-refractivity contribution in [3.8, 4) is 6.07 Å². The highest BCUT2D eigenvalue weighted by Gasteiger charge is 2.22. The third kappa shape index (κ3) is 2.95. The molecule has 2 nitrogen and oxygen atoms in total. The van der Waals surface area contributed by atoms with Crippen LogP contribution in [0.4, 0.5) is 0 Å². The third-order valence-corrected chi connectivity index (χ3v) is 3.46. The maximum atomic E-state index is 12.7. The number of nitrogens with zero attached hydrogens (tertiary/aromatic N) is 1. The number of carbonyl (C=O) groups is 1. The molecule has 20 heavy (non-hydrogen) atoms. The first-order valence-corrected chi connectivity index (χ1v) is 6.67. The first kappa shape index (κ1) is 14.0. The Morgan fingerprint density at radius 2 is 1.85 bits per heavy atom. The molecule has 0 aliphatic rings. The molecule has 2 aromatic rings. The summed E-state index contributed by atoms with van der Waals surface area (Å²) in [4.78, 5) is 12.7. The van der Waals surface area contributed by atoms with E-state index in [0.717, 1.165) is 16.7 Å². The van der Waals surface area contributed by atoms with Gasteiger partial charge in [0.25, 0.3) is 0 Å². The van der Waals surface area contributed by atoms with Crippen LogP contribution in [-0.4, -0.2) is 5.78 Å². The normalized spacial score (nSPS) is 11.7. The van der Waals surface area contributed by atoms with E-state index in [1.54, 1.807) is 0 Å². The smallest absolute Gasteiger partial charge is 0.171 e. The summed E-state index contributed by atoms with van der Waals surface area (Å²) >= 11 is 0. The van der Waals surface area contributed by atoms with E-state index in [9.17, 15) is 4.79 Å². The molecule has 2 heteroatoms. The molecule has 0 saturated carbocycles. The zero-order valence-electron chi connectivity index (χ0n) is 11.8. The van der Waals surface area contributed by atoms with Crippen molar-refractivity contribution in [2.75, 3.05) is 0 Å². The topological polar surface area (TPSA) is 40.9 Å². The van der Waals surface area contributed by atoms with E-state index in [0.29, 0.717) is 5.56 Å². The van der Waals surface area contributed by atoms with Gasteiger partial charge in [-0.05, 0) is 25.0 Å². The number of aryl methyl sites for hydroxylation is 2. The summed E-state index contributed by atoms with van der Waals surface area (Å²) < 4.78 is 0. The highest BCUT2D eigenvalue weighted by atomic mass is 16.1. The molecular weight excluding hydrogens is 246 g/mol. The van der Waals surface area contributed by atoms with Gasteiger partial charge >= 0.3 is 0 Å². The van der Waals surface area contributed by atoms with Gasteiger partial charge in [0.05, 0.1) is 12.0 Å². The minimum Gasteiger partial charge on any atom is -0.293 e. The van der Waals surface area contributed by atoms with E-state index in [4.69, 9.17) is 5.26 Å². The molecule has 100 valence electrons. The Bertz CT molecular complexity index is 653. The lowest BCUT2D eigenvalue weighted by molar-refractivity contribution is 0.0960. The Morgan fingerprint density at radius 3 is 2.45 bits per heavy atom. The second-order valence-electron chi connectivity index (χ2n) is 5.01. The van der Waals surface area contributed by atoms with Gasteiger partial charge in [0.1, 0.15) is 0 Å². The van der Waals surface area contributed by atoms with E-state index >= 15 is 0 Å². The lowest BCUT2D eigenvalue weighted by Crippen LogP contribution is -2.14. The first-order chi connectivity index (χ1) is 9.63. The maximum Gasteiger partial charge on any atom is 0.171 e. The van der Waals surface area contributed by atoms with E-state index in [2.05, 4.69) is 6.07 Å². The van der Waals surface area contributed by atoms with Crippen LogP contribution in [0, 0.1) is 25.2 Å². The molecule has 0 aromatic heterocycles. The summed E-state index contributed by atoms with van der Waals surface area (Å²) in [6.07, 6.45) is 0.205. The van der Waals surface area contributed by atoms with Gasteiger partial charge < -0.3 is 0 Å². The third-order valence-electron chi connectivity index (χ3n) is 3.46. The quantitative estimate of drug-likeness (QED) is 0.776. The Hall–Kier alpha value is -2.40. The van der Waals surface area contributed by atoms with Crippen molar-refractivity contribution in [3.05, 3.63) is 70.8 Å². The van der Waals surface area contributed by atoms with Crippen LogP contribution in [0.25, 0.3) is 0 Å². The van der Waals surface area contributed by atoms with Crippen molar-refractivity contribution in [2.24, 2.45) is 0 Å². The summed E-state index contributed by atoms with van der Waals surface area (Å²) in [7, 11) is 0. The van der Waals surface area contributed by atoms with Crippen LogP contribution < -0.4 is 0 Å². The molecule has 0 fully saturated rings. The standard InChI is InChI=1S/C18H17NO/c1-13-8-9-16(14(2)12-13)18(20)17(10-11-19)15-6-4-3-5-7-15/h3-9,12,17H,10H2,1-2H3. The summed E-state index contributed by atoms with van der Waals surface area (Å²) in [5, 5.41) is 9.00. The largest absolute Gasteiger partial charge is 0.293 e. The number of ketones is 1. The molecule has 0 amide bonds.